The van der Waals surface area contributed by atoms with E-state index >= 15 is 4.39 Å². The molecule has 0 unspecified atom stereocenters. The Morgan fingerprint density at radius 3 is 2.60 bits per heavy atom. The number of hydrogen-bond acceptors (Lipinski definition) is 5. The molecule has 0 saturated carbocycles. The largest absolute Gasteiger partial charge is 0.496 e. The lowest BCUT2D eigenvalue weighted by Gasteiger charge is -2.27. The number of nitrogens with zero attached hydrogens (tertiary/aromatic N) is 7. The second kappa shape index (κ2) is 10.3. The van der Waals surface area contributed by atoms with Crippen molar-refractivity contribution in [2.75, 3.05) is 12.0 Å². The van der Waals surface area contributed by atoms with Crippen molar-refractivity contribution in [3.8, 4) is 28.5 Å². The summed E-state index contributed by atoms with van der Waals surface area (Å²) in [5.74, 6) is -0.725. The normalized spacial score (nSPS) is 13.8. The molecular weight excluding hydrogens is 554 g/mol. The minimum Gasteiger partial charge on any atom is -0.496 e. The van der Waals surface area contributed by atoms with E-state index in [2.05, 4.69) is 15.2 Å². The van der Waals surface area contributed by atoms with Gasteiger partial charge in [0.25, 0.3) is 0 Å². The van der Waals surface area contributed by atoms with Gasteiger partial charge in [0.05, 0.1) is 37.0 Å². The monoisotopic (exact) mass is 579 g/mol. The number of fused-ring (bicyclic) bond motifs is 1. The Morgan fingerprint density at radius 1 is 1.20 bits per heavy atom. The second-order valence-corrected chi connectivity index (χ2v) is 10.0. The molecular formula is C26H26ClF4N7O2. The smallest absolute Gasteiger partial charge is 0.434 e. The number of aryl methyl sites for hydroxylation is 2. The zero-order valence-electron chi connectivity index (χ0n) is 22.1. The van der Waals surface area contributed by atoms with Crippen LogP contribution in [-0.4, -0.2) is 42.1 Å². The van der Waals surface area contributed by atoms with Gasteiger partial charge in [0.2, 0.25) is 5.91 Å². The van der Waals surface area contributed by atoms with Crippen LogP contribution in [0.25, 0.3) is 22.8 Å². The van der Waals surface area contributed by atoms with Gasteiger partial charge < -0.3 is 9.30 Å². The zero-order valence-corrected chi connectivity index (χ0v) is 22.9. The molecule has 1 amide bonds. The highest BCUT2D eigenvalue weighted by atomic mass is 35.5. The van der Waals surface area contributed by atoms with Crippen molar-refractivity contribution in [1.82, 2.24) is 29.1 Å². The standard InChI is InChI=1S/C26H26ClF4N7O2/c1-5-35-13-20(26(29,30)31)33-25(35)23-17(28)8-15(9-19(23)40-4)12-36-21-10-18(34-37(21)7-6-22(36)39)24-16(27)11-32-38(24)14(2)3/h8-11,13-14H,5-7,12H2,1-4H3. The number of rotatable bonds is 7. The fourth-order valence-electron chi connectivity index (χ4n) is 4.79. The maximum absolute atomic E-state index is 15.5. The lowest BCUT2D eigenvalue weighted by atomic mass is 10.1. The number of anilines is 1. The summed E-state index contributed by atoms with van der Waals surface area (Å²) in [7, 11) is 1.29. The van der Waals surface area contributed by atoms with Crippen LogP contribution in [0, 0.1) is 5.82 Å². The van der Waals surface area contributed by atoms with Gasteiger partial charge in [-0.05, 0) is 38.5 Å². The van der Waals surface area contributed by atoms with Gasteiger partial charge in [0.1, 0.15) is 34.6 Å². The van der Waals surface area contributed by atoms with Crippen LogP contribution in [0.2, 0.25) is 5.02 Å². The van der Waals surface area contributed by atoms with Crippen LogP contribution in [0.5, 0.6) is 5.75 Å². The third kappa shape index (κ3) is 4.82. The third-order valence-corrected chi connectivity index (χ3v) is 6.94. The highest BCUT2D eigenvalue weighted by Crippen LogP contribution is 2.38. The fourth-order valence-corrected chi connectivity index (χ4v) is 5.02. The van der Waals surface area contributed by atoms with E-state index in [4.69, 9.17) is 16.3 Å². The van der Waals surface area contributed by atoms with Gasteiger partial charge in [0.15, 0.2) is 5.69 Å². The second-order valence-electron chi connectivity index (χ2n) is 9.61. The van der Waals surface area contributed by atoms with E-state index in [0.717, 1.165) is 6.20 Å². The number of imidazole rings is 1. The number of ether oxygens (including phenoxy) is 1. The highest BCUT2D eigenvalue weighted by molar-refractivity contribution is 6.33. The molecule has 14 heteroatoms. The van der Waals surface area contributed by atoms with Gasteiger partial charge in [-0.15, -0.1) is 0 Å². The summed E-state index contributed by atoms with van der Waals surface area (Å²) in [5.41, 5.74) is 0.206. The predicted molar refractivity (Wildman–Crippen MR) is 139 cm³/mol. The van der Waals surface area contributed by atoms with Gasteiger partial charge in [0, 0.05) is 31.3 Å². The van der Waals surface area contributed by atoms with Crippen LogP contribution in [-0.2, 0) is 30.6 Å². The van der Waals surface area contributed by atoms with E-state index < -0.39 is 17.7 Å². The molecule has 0 fully saturated rings. The molecule has 9 nitrogen and oxygen atoms in total. The van der Waals surface area contributed by atoms with Gasteiger partial charge in [-0.3, -0.25) is 14.4 Å². The van der Waals surface area contributed by atoms with Crippen LogP contribution < -0.4 is 9.64 Å². The van der Waals surface area contributed by atoms with Crippen LogP contribution >= 0.6 is 11.6 Å². The number of aromatic nitrogens is 6. The molecule has 0 bridgehead atoms. The van der Waals surface area contributed by atoms with Gasteiger partial charge in [-0.1, -0.05) is 11.6 Å². The lowest BCUT2D eigenvalue weighted by Crippen LogP contribution is -2.37. The third-order valence-electron chi connectivity index (χ3n) is 6.66. The van der Waals surface area contributed by atoms with Crippen molar-refractivity contribution in [3.63, 3.8) is 0 Å². The minimum absolute atomic E-state index is 0.00436. The first kappa shape index (κ1) is 27.7. The van der Waals surface area contributed by atoms with E-state index in [0.29, 0.717) is 34.3 Å². The van der Waals surface area contributed by atoms with Crippen LogP contribution in [0.4, 0.5) is 23.4 Å². The Hall–Kier alpha value is -3.87. The summed E-state index contributed by atoms with van der Waals surface area (Å²) in [6.45, 7) is 6.02. The molecule has 4 heterocycles. The van der Waals surface area contributed by atoms with Crippen molar-refractivity contribution >= 4 is 23.3 Å². The molecule has 3 aromatic heterocycles. The molecule has 40 heavy (non-hydrogen) atoms. The summed E-state index contributed by atoms with van der Waals surface area (Å²) >= 11 is 6.41. The molecule has 0 radical (unpaired) electrons. The molecule has 1 aromatic carbocycles. The topological polar surface area (TPSA) is 83.0 Å². The Labute approximate surface area is 231 Å². The summed E-state index contributed by atoms with van der Waals surface area (Å²) in [6.07, 6.45) is -2.13. The van der Waals surface area contributed by atoms with E-state index in [1.165, 1.54) is 34.9 Å². The highest BCUT2D eigenvalue weighted by Gasteiger charge is 2.36. The Bertz CT molecular complexity index is 1590. The average Bonchev–Trinajstić information content (AvgIpc) is 3.61. The molecule has 0 spiro atoms. The molecule has 0 saturated heterocycles. The number of carbonyl (C=O) groups excluding carboxylic acids is 1. The molecule has 5 rings (SSSR count). The van der Waals surface area contributed by atoms with E-state index in [-0.39, 0.29) is 48.6 Å². The molecule has 0 atom stereocenters. The van der Waals surface area contributed by atoms with Crippen molar-refractivity contribution in [3.05, 3.63) is 52.7 Å². The molecule has 0 aliphatic carbocycles. The first-order chi connectivity index (χ1) is 18.9. The molecule has 4 aromatic rings. The quantitative estimate of drug-likeness (QED) is 0.252. The van der Waals surface area contributed by atoms with E-state index in [1.54, 1.807) is 22.4 Å². The average molecular weight is 580 g/mol. The Balaban J connectivity index is 1.52. The number of alkyl halides is 3. The maximum Gasteiger partial charge on any atom is 0.434 e. The number of methoxy groups -OCH3 is 1. The predicted octanol–water partition coefficient (Wildman–Crippen LogP) is 5.97. The number of halogens is 5. The first-order valence-electron chi connectivity index (χ1n) is 12.6. The van der Waals surface area contributed by atoms with Crippen LogP contribution in [0.15, 0.2) is 30.6 Å². The van der Waals surface area contributed by atoms with Crippen molar-refractivity contribution < 1.29 is 27.1 Å². The van der Waals surface area contributed by atoms with E-state index in [1.807, 2.05) is 13.8 Å². The van der Waals surface area contributed by atoms with E-state index in [9.17, 15) is 18.0 Å². The summed E-state index contributed by atoms with van der Waals surface area (Å²) < 4.78 is 65.5. The minimum atomic E-state index is -4.69. The summed E-state index contributed by atoms with van der Waals surface area (Å²) in [4.78, 5) is 18.1. The Kier molecular flexibility index (Phi) is 7.11. The van der Waals surface area contributed by atoms with Crippen molar-refractivity contribution in [2.45, 2.75) is 59.0 Å². The number of benzene rings is 1. The lowest BCUT2D eigenvalue weighted by molar-refractivity contribution is -0.140. The van der Waals surface area contributed by atoms with Gasteiger partial charge in [-0.2, -0.15) is 23.4 Å². The maximum atomic E-state index is 15.5. The number of amides is 1. The van der Waals surface area contributed by atoms with Gasteiger partial charge >= 0.3 is 6.18 Å². The van der Waals surface area contributed by atoms with Crippen molar-refractivity contribution in [1.29, 1.82) is 0 Å². The van der Waals surface area contributed by atoms with Crippen molar-refractivity contribution in [2.24, 2.45) is 0 Å². The zero-order chi connectivity index (χ0) is 28.9. The van der Waals surface area contributed by atoms with Crippen LogP contribution in [0.3, 0.4) is 0 Å². The Morgan fingerprint density at radius 2 is 1.95 bits per heavy atom. The molecule has 0 N–H and O–H groups in total. The first-order valence-corrected chi connectivity index (χ1v) is 12.9. The summed E-state index contributed by atoms with van der Waals surface area (Å²) in [6, 6.07) is 4.42. The summed E-state index contributed by atoms with van der Waals surface area (Å²) in [5, 5.41) is 9.38. The number of carbonyl (C=O) groups is 1. The molecule has 1 aliphatic heterocycles. The van der Waals surface area contributed by atoms with Crippen LogP contribution in [0.1, 0.15) is 44.5 Å². The fraction of sp³-hybridized carbons (Fsp3) is 0.385. The molecule has 212 valence electrons. The SMILES string of the molecule is CCn1cc(C(F)(F)F)nc1-c1c(F)cc(CN2C(=O)CCn3nc(-c4c(Cl)cnn4C(C)C)cc32)cc1OC. The number of hydrogen-bond donors (Lipinski definition) is 0. The van der Waals surface area contributed by atoms with Gasteiger partial charge in [-0.25, -0.2) is 14.1 Å². The molecule has 1 aliphatic rings.